The van der Waals surface area contributed by atoms with Gasteiger partial charge in [0.15, 0.2) is 0 Å². The van der Waals surface area contributed by atoms with Gasteiger partial charge in [-0.15, -0.1) is 0 Å². The van der Waals surface area contributed by atoms with Crippen LogP contribution in [0.25, 0.3) is 0 Å². The van der Waals surface area contributed by atoms with Gasteiger partial charge in [-0.3, -0.25) is 0 Å². The fourth-order valence-corrected chi connectivity index (χ4v) is 1.82. The molecule has 0 aliphatic heterocycles. The molecule has 0 fully saturated rings. The molecule has 0 unspecified atom stereocenters. The van der Waals surface area contributed by atoms with Gasteiger partial charge in [0.05, 0.1) is 7.11 Å². The third-order valence-electron chi connectivity index (χ3n) is 2.47. The highest BCUT2D eigenvalue weighted by molar-refractivity contribution is 6.31. The molecule has 0 aliphatic rings. The molecule has 3 nitrogen and oxygen atoms in total. The van der Waals surface area contributed by atoms with E-state index in [1.165, 1.54) is 0 Å². The minimum Gasteiger partial charge on any atom is -0.496 e. The number of nitrogens with zero attached hydrogens (tertiary/aromatic N) is 1. The Balaban J connectivity index is 2.71. The standard InChI is InChI=1S/C12H19ClN2O/c1-15(8-4-7-14)9-10-11(13)5-3-6-12(10)16-2/h3,5-6H,4,7-9,14H2,1-2H3. The van der Waals surface area contributed by atoms with Crippen LogP contribution in [-0.4, -0.2) is 32.1 Å². The SMILES string of the molecule is COc1cccc(Cl)c1CN(C)CCCN. The predicted molar refractivity (Wildman–Crippen MR) is 68.0 cm³/mol. The van der Waals surface area contributed by atoms with Gasteiger partial charge in [0.2, 0.25) is 0 Å². The molecule has 0 radical (unpaired) electrons. The van der Waals surface area contributed by atoms with Crippen molar-refractivity contribution < 1.29 is 4.74 Å². The monoisotopic (exact) mass is 242 g/mol. The molecule has 0 spiro atoms. The van der Waals surface area contributed by atoms with Crippen molar-refractivity contribution in [3.05, 3.63) is 28.8 Å². The number of ether oxygens (including phenoxy) is 1. The van der Waals surface area contributed by atoms with Crippen LogP contribution in [-0.2, 0) is 6.54 Å². The van der Waals surface area contributed by atoms with Crippen LogP contribution < -0.4 is 10.5 Å². The predicted octanol–water partition coefficient (Wildman–Crippen LogP) is 2.13. The Kier molecular flexibility index (Phi) is 5.60. The maximum Gasteiger partial charge on any atom is 0.124 e. The molecule has 4 heteroatoms. The topological polar surface area (TPSA) is 38.5 Å². The van der Waals surface area contributed by atoms with E-state index in [-0.39, 0.29) is 0 Å². The van der Waals surface area contributed by atoms with E-state index in [1.54, 1.807) is 7.11 Å². The largest absolute Gasteiger partial charge is 0.496 e. The zero-order chi connectivity index (χ0) is 12.0. The number of halogens is 1. The molecular formula is C12H19ClN2O. The molecule has 16 heavy (non-hydrogen) atoms. The van der Waals surface area contributed by atoms with Gasteiger partial charge in [-0.1, -0.05) is 17.7 Å². The Morgan fingerprint density at radius 3 is 2.81 bits per heavy atom. The lowest BCUT2D eigenvalue weighted by Crippen LogP contribution is -2.21. The van der Waals surface area contributed by atoms with Crippen molar-refractivity contribution in [1.82, 2.24) is 4.90 Å². The number of methoxy groups -OCH3 is 1. The van der Waals surface area contributed by atoms with E-state index in [2.05, 4.69) is 11.9 Å². The van der Waals surface area contributed by atoms with Crippen molar-refractivity contribution in [2.75, 3.05) is 27.2 Å². The maximum absolute atomic E-state index is 6.15. The second-order valence-corrected chi connectivity index (χ2v) is 4.21. The summed E-state index contributed by atoms with van der Waals surface area (Å²) in [7, 11) is 3.72. The minimum absolute atomic E-state index is 0.712. The number of nitrogens with two attached hydrogens (primary N) is 1. The molecule has 1 aromatic rings. The van der Waals surface area contributed by atoms with Crippen LogP contribution in [0.3, 0.4) is 0 Å². The lowest BCUT2D eigenvalue weighted by molar-refractivity contribution is 0.315. The van der Waals surface area contributed by atoms with E-state index >= 15 is 0 Å². The Morgan fingerprint density at radius 1 is 1.44 bits per heavy atom. The van der Waals surface area contributed by atoms with Gasteiger partial charge in [-0.25, -0.2) is 0 Å². The molecule has 1 aromatic carbocycles. The quantitative estimate of drug-likeness (QED) is 0.831. The van der Waals surface area contributed by atoms with E-state index in [0.717, 1.165) is 35.8 Å². The van der Waals surface area contributed by atoms with Gasteiger partial charge < -0.3 is 15.4 Å². The number of benzene rings is 1. The molecule has 2 N–H and O–H groups in total. The lowest BCUT2D eigenvalue weighted by Gasteiger charge is -2.18. The zero-order valence-corrected chi connectivity index (χ0v) is 10.6. The summed E-state index contributed by atoms with van der Waals surface area (Å²) in [5.74, 6) is 0.840. The maximum atomic E-state index is 6.15. The van der Waals surface area contributed by atoms with Crippen LogP contribution in [0.5, 0.6) is 5.75 Å². The molecule has 0 saturated carbocycles. The highest BCUT2D eigenvalue weighted by atomic mass is 35.5. The van der Waals surface area contributed by atoms with E-state index in [0.29, 0.717) is 6.54 Å². The summed E-state index contributed by atoms with van der Waals surface area (Å²) in [6, 6.07) is 5.71. The second-order valence-electron chi connectivity index (χ2n) is 3.80. The summed E-state index contributed by atoms with van der Waals surface area (Å²) in [5.41, 5.74) is 6.51. The van der Waals surface area contributed by atoms with Gasteiger partial charge in [0.25, 0.3) is 0 Å². The number of rotatable bonds is 6. The Hall–Kier alpha value is -0.770. The molecular weight excluding hydrogens is 224 g/mol. The first-order chi connectivity index (χ1) is 7.69. The van der Waals surface area contributed by atoms with Crippen LogP contribution in [0.15, 0.2) is 18.2 Å². The lowest BCUT2D eigenvalue weighted by atomic mass is 10.2. The molecule has 0 bridgehead atoms. The fraction of sp³-hybridized carbons (Fsp3) is 0.500. The first-order valence-electron chi connectivity index (χ1n) is 5.39. The molecule has 1 rings (SSSR count). The smallest absolute Gasteiger partial charge is 0.124 e. The Bertz CT molecular complexity index is 331. The van der Waals surface area contributed by atoms with Gasteiger partial charge in [-0.05, 0) is 38.7 Å². The van der Waals surface area contributed by atoms with E-state index in [1.807, 2.05) is 18.2 Å². The van der Waals surface area contributed by atoms with Crippen molar-refractivity contribution in [2.45, 2.75) is 13.0 Å². The summed E-state index contributed by atoms with van der Waals surface area (Å²) >= 11 is 6.15. The summed E-state index contributed by atoms with van der Waals surface area (Å²) in [6.45, 7) is 2.46. The molecule has 0 atom stereocenters. The molecule has 0 aromatic heterocycles. The van der Waals surface area contributed by atoms with Crippen LogP contribution in [0, 0.1) is 0 Å². The molecule has 0 amide bonds. The number of hydrogen-bond donors (Lipinski definition) is 1. The molecule has 0 saturated heterocycles. The summed E-state index contributed by atoms with van der Waals surface area (Å²) < 4.78 is 5.30. The minimum atomic E-state index is 0.712. The second kappa shape index (κ2) is 6.74. The van der Waals surface area contributed by atoms with Crippen LogP contribution in [0.2, 0.25) is 5.02 Å². The molecule has 90 valence electrons. The average Bonchev–Trinajstić information content (AvgIpc) is 2.29. The van der Waals surface area contributed by atoms with Gasteiger partial charge in [-0.2, -0.15) is 0 Å². The van der Waals surface area contributed by atoms with Crippen molar-refractivity contribution in [1.29, 1.82) is 0 Å². The normalized spacial score (nSPS) is 10.8. The van der Waals surface area contributed by atoms with Crippen molar-refractivity contribution >= 4 is 11.6 Å². The van der Waals surface area contributed by atoms with Crippen LogP contribution >= 0.6 is 11.6 Å². The van der Waals surface area contributed by atoms with E-state index < -0.39 is 0 Å². The van der Waals surface area contributed by atoms with Crippen molar-refractivity contribution in [3.63, 3.8) is 0 Å². The number of hydrogen-bond acceptors (Lipinski definition) is 3. The molecule has 0 heterocycles. The van der Waals surface area contributed by atoms with E-state index in [9.17, 15) is 0 Å². The summed E-state index contributed by atoms with van der Waals surface area (Å²) in [6.07, 6.45) is 0.989. The van der Waals surface area contributed by atoms with Gasteiger partial charge in [0, 0.05) is 17.1 Å². The highest BCUT2D eigenvalue weighted by Crippen LogP contribution is 2.27. The van der Waals surface area contributed by atoms with Crippen molar-refractivity contribution in [3.8, 4) is 5.75 Å². The zero-order valence-electron chi connectivity index (χ0n) is 9.87. The average molecular weight is 243 g/mol. The Labute approximate surface area is 102 Å². The third-order valence-corrected chi connectivity index (χ3v) is 2.82. The summed E-state index contributed by atoms with van der Waals surface area (Å²) in [4.78, 5) is 2.19. The van der Waals surface area contributed by atoms with Gasteiger partial charge >= 0.3 is 0 Å². The summed E-state index contributed by atoms with van der Waals surface area (Å²) in [5, 5.41) is 0.749. The first-order valence-corrected chi connectivity index (χ1v) is 5.76. The van der Waals surface area contributed by atoms with Gasteiger partial charge in [0.1, 0.15) is 5.75 Å². The fourth-order valence-electron chi connectivity index (χ4n) is 1.59. The third kappa shape index (κ3) is 3.67. The highest BCUT2D eigenvalue weighted by Gasteiger charge is 2.09. The molecule has 0 aliphatic carbocycles. The first kappa shape index (κ1) is 13.3. The van der Waals surface area contributed by atoms with Crippen LogP contribution in [0.1, 0.15) is 12.0 Å². The van der Waals surface area contributed by atoms with Crippen LogP contribution in [0.4, 0.5) is 0 Å². The van der Waals surface area contributed by atoms with Crippen molar-refractivity contribution in [2.24, 2.45) is 5.73 Å². The van der Waals surface area contributed by atoms with E-state index in [4.69, 9.17) is 22.1 Å². The Morgan fingerprint density at radius 2 is 2.19 bits per heavy atom.